The Hall–Kier alpha value is -3.15. The number of nitrogens with zero attached hydrogens (tertiary/aromatic N) is 1. The molecule has 3 aromatic rings. The molecule has 0 aliphatic heterocycles. The second kappa shape index (κ2) is 7.41. The molecule has 0 saturated heterocycles. The number of carbonyl (C=O) groups excluding carboxylic acids is 2. The Labute approximate surface area is 139 Å². The number of carbonyl (C=O) groups is 2. The molecule has 2 aromatic carbocycles. The maximum atomic E-state index is 12.1. The standard InChI is InChI=1S/C18H18N4O2/c23-17(10-13-4-2-1-3-5-13)19-8-9-20-18(24)14-6-7-15-16(11-14)22-12-21-15/h1-7,11-12H,8-10H2,(H,19,23)(H,20,24)(H,21,22). The number of fused-ring (bicyclic) bond motifs is 1. The highest BCUT2D eigenvalue weighted by atomic mass is 16.2. The van der Waals surface area contributed by atoms with Crippen LogP contribution in [0.15, 0.2) is 54.9 Å². The fourth-order valence-corrected chi connectivity index (χ4v) is 2.40. The highest BCUT2D eigenvalue weighted by molar-refractivity contribution is 5.97. The van der Waals surface area contributed by atoms with E-state index < -0.39 is 0 Å². The number of benzene rings is 2. The maximum absolute atomic E-state index is 12.1. The number of aromatic amines is 1. The molecule has 0 fully saturated rings. The molecular formula is C18H18N4O2. The average Bonchev–Trinajstić information content (AvgIpc) is 3.07. The molecule has 1 aromatic heterocycles. The Morgan fingerprint density at radius 3 is 2.62 bits per heavy atom. The summed E-state index contributed by atoms with van der Waals surface area (Å²) in [6.07, 6.45) is 1.93. The van der Waals surface area contributed by atoms with E-state index in [4.69, 9.17) is 0 Å². The molecule has 2 amide bonds. The van der Waals surface area contributed by atoms with Crippen LogP contribution >= 0.6 is 0 Å². The second-order valence-electron chi connectivity index (χ2n) is 5.40. The lowest BCUT2D eigenvalue weighted by Gasteiger charge is -2.07. The van der Waals surface area contributed by atoms with E-state index in [1.54, 1.807) is 24.5 Å². The van der Waals surface area contributed by atoms with Gasteiger partial charge in [0.05, 0.1) is 23.8 Å². The summed E-state index contributed by atoms with van der Waals surface area (Å²) >= 11 is 0. The lowest BCUT2D eigenvalue weighted by molar-refractivity contribution is -0.120. The van der Waals surface area contributed by atoms with Gasteiger partial charge in [-0.15, -0.1) is 0 Å². The summed E-state index contributed by atoms with van der Waals surface area (Å²) in [5.41, 5.74) is 3.16. The molecule has 3 N–H and O–H groups in total. The van der Waals surface area contributed by atoms with Gasteiger partial charge in [0.2, 0.25) is 5.91 Å². The molecule has 122 valence electrons. The van der Waals surface area contributed by atoms with Crippen molar-refractivity contribution in [3.63, 3.8) is 0 Å². The van der Waals surface area contributed by atoms with Gasteiger partial charge in [-0.25, -0.2) is 4.98 Å². The van der Waals surface area contributed by atoms with Crippen LogP contribution in [0.4, 0.5) is 0 Å². The van der Waals surface area contributed by atoms with Gasteiger partial charge in [0.25, 0.3) is 5.91 Å². The van der Waals surface area contributed by atoms with Gasteiger partial charge in [-0.1, -0.05) is 30.3 Å². The maximum Gasteiger partial charge on any atom is 0.251 e. The van der Waals surface area contributed by atoms with Crippen molar-refractivity contribution in [2.75, 3.05) is 13.1 Å². The van der Waals surface area contributed by atoms with E-state index in [0.29, 0.717) is 25.1 Å². The van der Waals surface area contributed by atoms with Crippen LogP contribution in [0.5, 0.6) is 0 Å². The fraction of sp³-hybridized carbons (Fsp3) is 0.167. The zero-order valence-corrected chi connectivity index (χ0v) is 13.1. The summed E-state index contributed by atoms with van der Waals surface area (Å²) in [5, 5.41) is 5.58. The van der Waals surface area contributed by atoms with Crippen LogP contribution in [0, 0.1) is 0 Å². The van der Waals surface area contributed by atoms with Gasteiger partial charge >= 0.3 is 0 Å². The number of hydrogen-bond acceptors (Lipinski definition) is 3. The van der Waals surface area contributed by atoms with Crippen LogP contribution in [0.2, 0.25) is 0 Å². The highest BCUT2D eigenvalue weighted by Crippen LogP contribution is 2.11. The molecule has 0 atom stereocenters. The van der Waals surface area contributed by atoms with Crippen LogP contribution < -0.4 is 10.6 Å². The van der Waals surface area contributed by atoms with Gasteiger partial charge in [-0.2, -0.15) is 0 Å². The summed E-state index contributed by atoms with van der Waals surface area (Å²) in [6.45, 7) is 0.768. The minimum atomic E-state index is -0.177. The third-order valence-electron chi connectivity index (χ3n) is 3.62. The minimum absolute atomic E-state index is 0.0608. The van der Waals surface area contributed by atoms with Gasteiger partial charge in [-0.05, 0) is 23.8 Å². The van der Waals surface area contributed by atoms with Crippen molar-refractivity contribution in [2.45, 2.75) is 6.42 Å². The molecule has 24 heavy (non-hydrogen) atoms. The molecule has 1 heterocycles. The summed E-state index contributed by atoms with van der Waals surface area (Å²) in [4.78, 5) is 31.0. The molecule has 0 aliphatic rings. The van der Waals surface area contributed by atoms with E-state index in [9.17, 15) is 9.59 Å². The molecule has 3 rings (SSSR count). The first-order valence-electron chi connectivity index (χ1n) is 7.74. The van der Waals surface area contributed by atoms with Crippen molar-refractivity contribution in [3.05, 3.63) is 66.0 Å². The SMILES string of the molecule is O=C(Cc1ccccc1)NCCNC(=O)c1ccc2nc[nH]c2c1. The number of nitrogens with one attached hydrogen (secondary N) is 3. The monoisotopic (exact) mass is 322 g/mol. The summed E-state index contributed by atoms with van der Waals surface area (Å²) in [6, 6.07) is 14.8. The second-order valence-corrected chi connectivity index (χ2v) is 5.40. The van der Waals surface area contributed by atoms with E-state index in [-0.39, 0.29) is 11.8 Å². The number of amides is 2. The van der Waals surface area contributed by atoms with Gasteiger partial charge in [-0.3, -0.25) is 9.59 Å². The van der Waals surface area contributed by atoms with E-state index in [0.717, 1.165) is 16.6 Å². The van der Waals surface area contributed by atoms with E-state index in [2.05, 4.69) is 20.6 Å². The van der Waals surface area contributed by atoms with Crippen LogP contribution in [0.1, 0.15) is 15.9 Å². The predicted octanol–water partition coefficient (Wildman–Crippen LogP) is 1.65. The largest absolute Gasteiger partial charge is 0.354 e. The average molecular weight is 322 g/mol. The van der Waals surface area contributed by atoms with Crippen molar-refractivity contribution in [1.29, 1.82) is 0 Å². The normalized spacial score (nSPS) is 10.5. The summed E-state index contributed by atoms with van der Waals surface area (Å²) < 4.78 is 0. The highest BCUT2D eigenvalue weighted by Gasteiger charge is 2.07. The van der Waals surface area contributed by atoms with Crippen molar-refractivity contribution in [3.8, 4) is 0 Å². The lowest BCUT2D eigenvalue weighted by atomic mass is 10.1. The number of rotatable bonds is 6. The zero-order valence-electron chi connectivity index (χ0n) is 13.1. The van der Waals surface area contributed by atoms with Crippen LogP contribution in [-0.2, 0) is 11.2 Å². The predicted molar refractivity (Wildman–Crippen MR) is 91.6 cm³/mol. The Balaban J connectivity index is 1.42. The van der Waals surface area contributed by atoms with Gasteiger partial charge in [0, 0.05) is 18.7 Å². The molecule has 0 unspecified atom stereocenters. The Morgan fingerprint density at radius 1 is 1.00 bits per heavy atom. The Kier molecular flexibility index (Phi) is 4.86. The first-order valence-corrected chi connectivity index (χ1v) is 7.74. The molecule has 6 heteroatoms. The van der Waals surface area contributed by atoms with E-state index in [1.807, 2.05) is 30.3 Å². The third kappa shape index (κ3) is 3.98. The zero-order chi connectivity index (χ0) is 16.8. The van der Waals surface area contributed by atoms with E-state index >= 15 is 0 Å². The van der Waals surface area contributed by atoms with Crippen LogP contribution in [0.25, 0.3) is 11.0 Å². The smallest absolute Gasteiger partial charge is 0.251 e. The number of H-pyrrole nitrogens is 1. The van der Waals surface area contributed by atoms with E-state index in [1.165, 1.54) is 0 Å². The first-order chi connectivity index (χ1) is 11.7. The van der Waals surface area contributed by atoms with Crippen LogP contribution in [-0.4, -0.2) is 34.9 Å². The molecule has 0 spiro atoms. The quantitative estimate of drug-likeness (QED) is 0.603. The first kappa shape index (κ1) is 15.7. The molecule has 6 nitrogen and oxygen atoms in total. The molecular weight excluding hydrogens is 304 g/mol. The fourth-order valence-electron chi connectivity index (χ4n) is 2.40. The van der Waals surface area contributed by atoms with Crippen molar-refractivity contribution < 1.29 is 9.59 Å². The minimum Gasteiger partial charge on any atom is -0.354 e. The van der Waals surface area contributed by atoms with Gasteiger partial charge in [0.15, 0.2) is 0 Å². The van der Waals surface area contributed by atoms with Crippen molar-refractivity contribution in [2.24, 2.45) is 0 Å². The summed E-state index contributed by atoms with van der Waals surface area (Å²) in [7, 11) is 0. The molecule has 0 radical (unpaired) electrons. The Bertz CT molecular complexity index is 842. The Morgan fingerprint density at radius 2 is 1.79 bits per heavy atom. The van der Waals surface area contributed by atoms with Crippen molar-refractivity contribution >= 4 is 22.8 Å². The van der Waals surface area contributed by atoms with Crippen LogP contribution in [0.3, 0.4) is 0 Å². The van der Waals surface area contributed by atoms with Crippen molar-refractivity contribution in [1.82, 2.24) is 20.6 Å². The molecule has 0 bridgehead atoms. The number of aromatic nitrogens is 2. The topological polar surface area (TPSA) is 86.9 Å². The molecule has 0 aliphatic carbocycles. The van der Waals surface area contributed by atoms with Gasteiger partial charge < -0.3 is 15.6 Å². The number of hydrogen-bond donors (Lipinski definition) is 3. The number of imidazole rings is 1. The van der Waals surface area contributed by atoms with Gasteiger partial charge in [0.1, 0.15) is 0 Å². The molecule has 0 saturated carbocycles. The third-order valence-corrected chi connectivity index (χ3v) is 3.62. The summed E-state index contributed by atoms with van der Waals surface area (Å²) in [5.74, 6) is -0.238. The lowest BCUT2D eigenvalue weighted by Crippen LogP contribution is -2.35.